The fraction of sp³-hybridized carbons (Fsp3) is 0.688. The van der Waals surface area contributed by atoms with Gasteiger partial charge in [-0.2, -0.15) is 0 Å². The van der Waals surface area contributed by atoms with Crippen LogP contribution < -0.4 is 10.6 Å². The third kappa shape index (κ3) is 5.79. The molecular weight excluding hydrogens is 262 g/mol. The molecule has 1 heterocycles. The van der Waals surface area contributed by atoms with E-state index in [4.69, 9.17) is 0 Å². The Morgan fingerprint density at radius 1 is 1.24 bits per heavy atom. The first-order chi connectivity index (χ1) is 10.3. The summed E-state index contributed by atoms with van der Waals surface area (Å²) in [7, 11) is 0. The molecule has 5 heteroatoms. The minimum atomic E-state index is 0.828. The second kappa shape index (κ2) is 8.72. The maximum absolute atomic E-state index is 4.67. The first-order valence-electron chi connectivity index (χ1n) is 8.20. The van der Waals surface area contributed by atoms with E-state index in [1.54, 1.807) is 0 Å². The summed E-state index contributed by atoms with van der Waals surface area (Å²) in [5, 5.41) is 6.71. The van der Waals surface area contributed by atoms with Crippen molar-refractivity contribution >= 4 is 5.96 Å². The van der Waals surface area contributed by atoms with Crippen LogP contribution >= 0.6 is 0 Å². The second-order valence-corrected chi connectivity index (χ2v) is 5.47. The maximum Gasteiger partial charge on any atom is 0.191 e. The summed E-state index contributed by atoms with van der Waals surface area (Å²) in [4.78, 5) is 7.21. The third-order valence-corrected chi connectivity index (χ3v) is 3.80. The molecule has 1 aromatic rings. The zero-order chi connectivity index (χ0) is 14.9. The zero-order valence-corrected chi connectivity index (χ0v) is 13.4. The number of hydrogen-bond donors (Lipinski definition) is 2. The van der Waals surface area contributed by atoms with Crippen molar-refractivity contribution in [2.24, 2.45) is 4.99 Å². The minimum absolute atomic E-state index is 0.828. The Labute approximate surface area is 128 Å². The molecule has 1 fully saturated rings. The van der Waals surface area contributed by atoms with Gasteiger partial charge in [0.1, 0.15) is 0 Å². The summed E-state index contributed by atoms with van der Waals surface area (Å²) in [5.74, 6) is 0.927. The van der Waals surface area contributed by atoms with Crippen LogP contribution in [0, 0.1) is 0 Å². The Hall–Kier alpha value is -1.49. The maximum atomic E-state index is 4.67. The predicted octanol–water partition coefficient (Wildman–Crippen LogP) is 1.53. The van der Waals surface area contributed by atoms with Crippen molar-refractivity contribution in [3.63, 3.8) is 0 Å². The number of guanidine groups is 1. The quantitative estimate of drug-likeness (QED) is 0.536. The summed E-state index contributed by atoms with van der Waals surface area (Å²) in [6.45, 7) is 10.2. The van der Waals surface area contributed by atoms with Gasteiger partial charge in [0.25, 0.3) is 0 Å². The van der Waals surface area contributed by atoms with Crippen LogP contribution in [0.2, 0.25) is 0 Å². The van der Waals surface area contributed by atoms with E-state index in [9.17, 15) is 0 Å². The van der Waals surface area contributed by atoms with Gasteiger partial charge in [0.2, 0.25) is 0 Å². The van der Waals surface area contributed by atoms with E-state index in [2.05, 4.69) is 63.5 Å². The van der Waals surface area contributed by atoms with Crippen LogP contribution in [0.15, 0.2) is 29.5 Å². The third-order valence-electron chi connectivity index (χ3n) is 3.80. The highest BCUT2D eigenvalue weighted by Crippen LogP contribution is 2.25. The van der Waals surface area contributed by atoms with Crippen LogP contribution in [0.25, 0.3) is 0 Å². The average Bonchev–Trinajstić information content (AvgIpc) is 3.20. The molecule has 1 aliphatic carbocycles. The number of rotatable bonds is 9. The molecule has 118 valence electrons. The van der Waals surface area contributed by atoms with Gasteiger partial charge in [-0.1, -0.05) is 6.92 Å². The molecule has 0 aliphatic heterocycles. The molecule has 2 N–H and O–H groups in total. The van der Waals surface area contributed by atoms with Gasteiger partial charge in [-0.15, -0.1) is 0 Å². The Balaban J connectivity index is 1.70. The van der Waals surface area contributed by atoms with Crippen molar-refractivity contribution in [1.29, 1.82) is 0 Å². The Morgan fingerprint density at radius 3 is 2.62 bits per heavy atom. The lowest BCUT2D eigenvalue weighted by Crippen LogP contribution is -2.39. The van der Waals surface area contributed by atoms with Gasteiger partial charge in [0.15, 0.2) is 5.96 Å². The molecule has 0 amide bonds. The Kier molecular flexibility index (Phi) is 6.60. The van der Waals surface area contributed by atoms with Gasteiger partial charge in [0.05, 0.1) is 6.54 Å². The van der Waals surface area contributed by atoms with Gasteiger partial charge in [-0.3, -0.25) is 9.89 Å². The summed E-state index contributed by atoms with van der Waals surface area (Å²) in [5.41, 5.74) is 0. The standard InChI is InChI=1S/C16H29N5/c1-3-17-16(18-9-13-20-11-5-6-12-20)19-10-14-21(4-2)15-7-8-15/h5-6,11-12,15H,3-4,7-10,13-14H2,1-2H3,(H2,17,18,19). The van der Waals surface area contributed by atoms with Gasteiger partial charge in [-0.05, 0) is 38.4 Å². The lowest BCUT2D eigenvalue weighted by molar-refractivity contribution is 0.286. The van der Waals surface area contributed by atoms with Gasteiger partial charge in [-0.25, -0.2) is 0 Å². The molecule has 0 atom stereocenters. The Morgan fingerprint density at radius 2 is 2.00 bits per heavy atom. The molecule has 1 saturated carbocycles. The minimum Gasteiger partial charge on any atom is -0.357 e. The topological polar surface area (TPSA) is 44.6 Å². The van der Waals surface area contributed by atoms with Crippen LogP contribution in [0.5, 0.6) is 0 Å². The first kappa shape index (κ1) is 15.9. The molecule has 21 heavy (non-hydrogen) atoms. The molecular formula is C16H29N5. The van der Waals surface area contributed by atoms with E-state index in [-0.39, 0.29) is 0 Å². The molecule has 0 bridgehead atoms. The fourth-order valence-electron chi connectivity index (χ4n) is 2.49. The number of aromatic nitrogens is 1. The van der Waals surface area contributed by atoms with Gasteiger partial charge in [0, 0.05) is 44.6 Å². The zero-order valence-electron chi connectivity index (χ0n) is 13.4. The van der Waals surface area contributed by atoms with Crippen molar-refractivity contribution in [3.05, 3.63) is 24.5 Å². The molecule has 0 radical (unpaired) electrons. The second-order valence-electron chi connectivity index (χ2n) is 5.47. The molecule has 5 nitrogen and oxygen atoms in total. The predicted molar refractivity (Wildman–Crippen MR) is 88.7 cm³/mol. The van der Waals surface area contributed by atoms with Crippen molar-refractivity contribution in [3.8, 4) is 0 Å². The highest BCUT2D eigenvalue weighted by Gasteiger charge is 2.27. The summed E-state index contributed by atoms with van der Waals surface area (Å²) in [6, 6.07) is 4.93. The molecule has 0 spiro atoms. The smallest absolute Gasteiger partial charge is 0.191 e. The molecule has 1 aromatic heterocycles. The number of likely N-dealkylation sites (N-methyl/N-ethyl adjacent to an activating group) is 1. The van der Waals surface area contributed by atoms with Crippen LogP contribution in [-0.4, -0.2) is 54.2 Å². The van der Waals surface area contributed by atoms with Gasteiger partial charge < -0.3 is 15.2 Å². The normalized spacial score (nSPS) is 15.5. The first-order valence-corrected chi connectivity index (χ1v) is 8.20. The fourth-order valence-corrected chi connectivity index (χ4v) is 2.49. The summed E-state index contributed by atoms with van der Waals surface area (Å²) < 4.78 is 2.17. The molecule has 0 unspecified atom stereocenters. The average molecular weight is 291 g/mol. The number of nitrogens with one attached hydrogen (secondary N) is 2. The van der Waals surface area contributed by atoms with Crippen LogP contribution in [0.4, 0.5) is 0 Å². The number of aliphatic imine (C=N–C) groups is 1. The largest absolute Gasteiger partial charge is 0.357 e. The highest BCUT2D eigenvalue weighted by atomic mass is 15.2. The SMILES string of the molecule is CCNC(=NCCN(CC)C1CC1)NCCn1cccc1. The molecule has 0 aromatic carbocycles. The van der Waals surface area contributed by atoms with E-state index >= 15 is 0 Å². The summed E-state index contributed by atoms with van der Waals surface area (Å²) in [6.07, 6.45) is 6.90. The molecule has 0 saturated heterocycles. The number of hydrogen-bond acceptors (Lipinski definition) is 2. The number of nitrogens with zero attached hydrogens (tertiary/aromatic N) is 3. The van der Waals surface area contributed by atoms with E-state index in [1.807, 2.05) is 0 Å². The Bertz CT molecular complexity index is 408. The lowest BCUT2D eigenvalue weighted by atomic mass is 10.4. The van der Waals surface area contributed by atoms with Crippen molar-refractivity contribution in [2.75, 3.05) is 32.7 Å². The van der Waals surface area contributed by atoms with Crippen LogP contribution in [0.3, 0.4) is 0 Å². The van der Waals surface area contributed by atoms with Crippen LogP contribution in [0.1, 0.15) is 26.7 Å². The van der Waals surface area contributed by atoms with E-state index < -0.39 is 0 Å². The van der Waals surface area contributed by atoms with E-state index in [0.717, 1.165) is 51.3 Å². The van der Waals surface area contributed by atoms with Crippen molar-refractivity contribution < 1.29 is 0 Å². The van der Waals surface area contributed by atoms with Crippen molar-refractivity contribution in [2.45, 2.75) is 39.3 Å². The molecule has 2 rings (SSSR count). The molecule has 1 aliphatic rings. The van der Waals surface area contributed by atoms with Gasteiger partial charge >= 0.3 is 0 Å². The van der Waals surface area contributed by atoms with Crippen LogP contribution in [-0.2, 0) is 6.54 Å². The lowest BCUT2D eigenvalue weighted by Gasteiger charge is -2.19. The van der Waals surface area contributed by atoms with E-state index in [0.29, 0.717) is 0 Å². The highest BCUT2D eigenvalue weighted by molar-refractivity contribution is 5.79. The van der Waals surface area contributed by atoms with Crippen molar-refractivity contribution in [1.82, 2.24) is 20.1 Å². The summed E-state index contributed by atoms with van der Waals surface area (Å²) >= 11 is 0. The van der Waals surface area contributed by atoms with E-state index in [1.165, 1.54) is 12.8 Å². The monoisotopic (exact) mass is 291 g/mol.